The molecule has 1 heterocycles. The van der Waals surface area contributed by atoms with E-state index in [0.29, 0.717) is 11.7 Å². The monoisotopic (exact) mass is 247 g/mol. The number of hydrogen-bond donors (Lipinski definition) is 2. The highest BCUT2D eigenvalue weighted by molar-refractivity contribution is 5.55. The van der Waals surface area contributed by atoms with Gasteiger partial charge in [-0.15, -0.1) is 0 Å². The Labute approximate surface area is 98.2 Å². The van der Waals surface area contributed by atoms with E-state index in [1.807, 2.05) is 20.8 Å². The predicted octanol–water partition coefficient (Wildman–Crippen LogP) is 3.14. The highest BCUT2D eigenvalue weighted by Crippen LogP contribution is 2.33. The van der Waals surface area contributed by atoms with Gasteiger partial charge >= 0.3 is 6.18 Å². The summed E-state index contributed by atoms with van der Waals surface area (Å²) in [5.74, 6) is 0.706. The first-order chi connectivity index (χ1) is 7.71. The first kappa shape index (κ1) is 13.6. The van der Waals surface area contributed by atoms with Gasteiger partial charge in [-0.3, -0.25) is 0 Å². The molecule has 0 spiro atoms. The third-order valence-electron chi connectivity index (χ3n) is 2.62. The van der Waals surface area contributed by atoms with E-state index >= 15 is 0 Å². The molecule has 0 aliphatic rings. The molecule has 0 saturated heterocycles. The van der Waals surface area contributed by atoms with Gasteiger partial charge in [-0.05, 0) is 12.8 Å². The van der Waals surface area contributed by atoms with Gasteiger partial charge in [0.25, 0.3) is 0 Å². The average Bonchev–Trinajstić information content (AvgIpc) is 2.15. The maximum atomic E-state index is 12.4. The Morgan fingerprint density at radius 2 is 1.88 bits per heavy atom. The molecule has 0 radical (unpaired) electrons. The maximum Gasteiger partial charge on any atom is 0.419 e. The summed E-state index contributed by atoms with van der Waals surface area (Å²) in [6, 6.07) is 1.32. The minimum Gasteiger partial charge on any atom is -0.398 e. The zero-order chi connectivity index (χ0) is 13.2. The second kappa shape index (κ2) is 4.81. The van der Waals surface area contributed by atoms with Gasteiger partial charge in [0, 0.05) is 24.0 Å². The van der Waals surface area contributed by atoms with Crippen molar-refractivity contribution in [3.05, 3.63) is 17.8 Å². The van der Waals surface area contributed by atoms with Crippen LogP contribution in [0.25, 0.3) is 0 Å². The van der Waals surface area contributed by atoms with E-state index in [-0.39, 0.29) is 11.7 Å². The van der Waals surface area contributed by atoms with Crippen molar-refractivity contribution in [1.82, 2.24) is 4.98 Å². The molecule has 1 rings (SSSR count). The SMILES string of the molecule is CC(C)C(C)Nc1cc(N)c(C(F)(F)F)cn1. The molecule has 1 aromatic heterocycles. The second-order valence-corrected chi connectivity index (χ2v) is 4.33. The lowest BCUT2D eigenvalue weighted by Crippen LogP contribution is -2.22. The minimum atomic E-state index is -4.46. The van der Waals surface area contributed by atoms with Crippen molar-refractivity contribution in [2.45, 2.75) is 33.0 Å². The van der Waals surface area contributed by atoms with Crippen LogP contribution in [-0.2, 0) is 6.18 Å². The fourth-order valence-corrected chi connectivity index (χ4v) is 1.19. The summed E-state index contributed by atoms with van der Waals surface area (Å²) in [5, 5.41) is 3.00. The Bertz CT molecular complexity index is 388. The predicted molar refractivity (Wildman–Crippen MR) is 61.6 cm³/mol. The Balaban J connectivity index is 2.90. The highest BCUT2D eigenvalue weighted by Gasteiger charge is 2.33. The molecule has 3 nitrogen and oxygen atoms in total. The third-order valence-corrected chi connectivity index (χ3v) is 2.62. The summed E-state index contributed by atoms with van der Waals surface area (Å²) in [6.45, 7) is 5.94. The van der Waals surface area contributed by atoms with Crippen LogP contribution in [0.3, 0.4) is 0 Å². The molecule has 0 amide bonds. The maximum absolute atomic E-state index is 12.4. The van der Waals surface area contributed by atoms with Crippen LogP contribution in [0.1, 0.15) is 26.3 Å². The van der Waals surface area contributed by atoms with Gasteiger partial charge < -0.3 is 11.1 Å². The minimum absolute atomic E-state index is 0.110. The number of nitrogen functional groups attached to an aromatic ring is 1. The molecular formula is C11H16F3N3. The van der Waals surface area contributed by atoms with E-state index < -0.39 is 11.7 Å². The Kier molecular flexibility index (Phi) is 3.85. The molecule has 1 atom stereocenters. The smallest absolute Gasteiger partial charge is 0.398 e. The lowest BCUT2D eigenvalue weighted by atomic mass is 10.1. The van der Waals surface area contributed by atoms with Gasteiger partial charge in [-0.1, -0.05) is 13.8 Å². The van der Waals surface area contributed by atoms with E-state index in [1.165, 1.54) is 6.07 Å². The number of hydrogen-bond acceptors (Lipinski definition) is 3. The van der Waals surface area contributed by atoms with Crippen LogP contribution >= 0.6 is 0 Å². The Morgan fingerprint density at radius 3 is 2.29 bits per heavy atom. The van der Waals surface area contributed by atoms with Crippen molar-refractivity contribution in [2.75, 3.05) is 11.1 Å². The topological polar surface area (TPSA) is 50.9 Å². The molecule has 0 bridgehead atoms. The van der Waals surface area contributed by atoms with E-state index in [0.717, 1.165) is 6.20 Å². The molecule has 0 aliphatic carbocycles. The number of nitrogens with one attached hydrogen (secondary N) is 1. The number of pyridine rings is 1. The lowest BCUT2D eigenvalue weighted by Gasteiger charge is -2.19. The number of halogens is 3. The molecule has 0 aromatic carbocycles. The standard InChI is InChI=1S/C11H16F3N3/c1-6(2)7(3)17-10-4-9(15)8(5-16-10)11(12,13)14/h4-7H,1-3H3,(H3,15,16,17). The molecule has 0 fully saturated rings. The van der Waals surface area contributed by atoms with Gasteiger partial charge in [0.1, 0.15) is 5.82 Å². The van der Waals surface area contributed by atoms with E-state index in [2.05, 4.69) is 10.3 Å². The summed E-state index contributed by atoms with van der Waals surface area (Å²) >= 11 is 0. The summed E-state index contributed by atoms with van der Waals surface area (Å²) in [7, 11) is 0. The van der Waals surface area contributed by atoms with Crippen LogP contribution in [0.4, 0.5) is 24.7 Å². The fraction of sp³-hybridized carbons (Fsp3) is 0.545. The molecule has 17 heavy (non-hydrogen) atoms. The van der Waals surface area contributed by atoms with Gasteiger partial charge in [-0.25, -0.2) is 4.98 Å². The van der Waals surface area contributed by atoms with Crippen molar-refractivity contribution < 1.29 is 13.2 Å². The van der Waals surface area contributed by atoms with Crippen molar-refractivity contribution >= 4 is 11.5 Å². The first-order valence-corrected chi connectivity index (χ1v) is 5.31. The zero-order valence-electron chi connectivity index (χ0n) is 9.97. The molecule has 3 N–H and O–H groups in total. The second-order valence-electron chi connectivity index (χ2n) is 4.33. The number of anilines is 2. The summed E-state index contributed by atoms with van der Waals surface area (Å²) in [4.78, 5) is 3.72. The van der Waals surface area contributed by atoms with Crippen LogP contribution in [-0.4, -0.2) is 11.0 Å². The number of rotatable bonds is 3. The summed E-state index contributed by atoms with van der Waals surface area (Å²) in [5.41, 5.74) is 4.14. The molecule has 96 valence electrons. The van der Waals surface area contributed by atoms with Gasteiger partial charge in [0.15, 0.2) is 0 Å². The van der Waals surface area contributed by atoms with Gasteiger partial charge in [0.2, 0.25) is 0 Å². The number of nitrogens with zero attached hydrogens (tertiary/aromatic N) is 1. The van der Waals surface area contributed by atoms with Crippen molar-refractivity contribution in [3.63, 3.8) is 0 Å². The van der Waals surface area contributed by atoms with Gasteiger partial charge in [-0.2, -0.15) is 13.2 Å². The van der Waals surface area contributed by atoms with Crippen LogP contribution < -0.4 is 11.1 Å². The van der Waals surface area contributed by atoms with Crippen LogP contribution in [0, 0.1) is 5.92 Å². The van der Waals surface area contributed by atoms with Gasteiger partial charge in [0.05, 0.1) is 5.56 Å². The molecule has 1 aromatic rings. The number of aromatic nitrogens is 1. The van der Waals surface area contributed by atoms with Crippen molar-refractivity contribution in [2.24, 2.45) is 5.92 Å². The number of nitrogens with two attached hydrogens (primary N) is 1. The van der Waals surface area contributed by atoms with Crippen molar-refractivity contribution in [1.29, 1.82) is 0 Å². The molecular weight excluding hydrogens is 231 g/mol. The summed E-state index contributed by atoms with van der Waals surface area (Å²) < 4.78 is 37.3. The van der Waals surface area contributed by atoms with E-state index in [9.17, 15) is 13.2 Å². The quantitative estimate of drug-likeness (QED) is 0.862. The zero-order valence-corrected chi connectivity index (χ0v) is 9.97. The van der Waals surface area contributed by atoms with Crippen LogP contribution in [0.5, 0.6) is 0 Å². The third kappa shape index (κ3) is 3.51. The molecule has 0 saturated carbocycles. The number of alkyl halides is 3. The van der Waals surface area contributed by atoms with Crippen LogP contribution in [0.15, 0.2) is 12.3 Å². The lowest BCUT2D eigenvalue weighted by molar-refractivity contribution is -0.137. The Hall–Kier alpha value is -1.46. The normalized spacial score (nSPS) is 13.8. The van der Waals surface area contributed by atoms with Crippen molar-refractivity contribution in [3.8, 4) is 0 Å². The molecule has 0 aliphatic heterocycles. The highest BCUT2D eigenvalue weighted by atomic mass is 19.4. The molecule has 1 unspecified atom stereocenters. The average molecular weight is 247 g/mol. The van der Waals surface area contributed by atoms with E-state index in [4.69, 9.17) is 5.73 Å². The van der Waals surface area contributed by atoms with Crippen LogP contribution in [0.2, 0.25) is 0 Å². The molecule has 6 heteroatoms. The largest absolute Gasteiger partial charge is 0.419 e. The first-order valence-electron chi connectivity index (χ1n) is 5.31. The fourth-order valence-electron chi connectivity index (χ4n) is 1.19. The Morgan fingerprint density at radius 1 is 1.29 bits per heavy atom. The summed E-state index contributed by atoms with van der Waals surface area (Å²) in [6.07, 6.45) is -3.70. The van der Waals surface area contributed by atoms with E-state index in [1.54, 1.807) is 0 Å².